The molecule has 0 aliphatic carbocycles. The van der Waals surface area contributed by atoms with E-state index in [0.29, 0.717) is 18.4 Å². The molecule has 0 aromatic heterocycles. The van der Waals surface area contributed by atoms with Crippen LogP contribution in [0.1, 0.15) is 21.5 Å². The van der Waals surface area contributed by atoms with Gasteiger partial charge in [0.25, 0.3) is 0 Å². The third-order valence-corrected chi connectivity index (χ3v) is 3.69. The van der Waals surface area contributed by atoms with Crippen LogP contribution in [0.25, 0.3) is 0 Å². The number of hydrogen-bond acceptors (Lipinski definition) is 2. The Kier molecular flexibility index (Phi) is 3.11. The molecular formula is C17H15NO2. The number of rotatable bonds is 3. The Labute approximate surface area is 117 Å². The van der Waals surface area contributed by atoms with Gasteiger partial charge in [-0.25, -0.2) is 0 Å². The van der Waals surface area contributed by atoms with Gasteiger partial charge in [0.1, 0.15) is 0 Å². The van der Waals surface area contributed by atoms with Crippen molar-refractivity contribution >= 4 is 17.4 Å². The maximum Gasteiger partial charge on any atom is 0.231 e. The van der Waals surface area contributed by atoms with Gasteiger partial charge < -0.3 is 4.90 Å². The summed E-state index contributed by atoms with van der Waals surface area (Å²) < 4.78 is 0. The molecule has 0 spiro atoms. The van der Waals surface area contributed by atoms with Crippen molar-refractivity contribution in [3.05, 3.63) is 65.2 Å². The van der Waals surface area contributed by atoms with E-state index in [1.807, 2.05) is 42.5 Å². The van der Waals surface area contributed by atoms with Crippen molar-refractivity contribution in [3.8, 4) is 0 Å². The van der Waals surface area contributed by atoms with Gasteiger partial charge in [0.05, 0.1) is 6.42 Å². The molecule has 1 aliphatic rings. The molecular weight excluding hydrogens is 250 g/mol. The van der Waals surface area contributed by atoms with Gasteiger partial charge in [0.15, 0.2) is 5.78 Å². The van der Waals surface area contributed by atoms with Crippen molar-refractivity contribution in [1.82, 2.24) is 0 Å². The van der Waals surface area contributed by atoms with E-state index in [4.69, 9.17) is 0 Å². The first-order chi connectivity index (χ1) is 9.65. The Morgan fingerprint density at radius 3 is 2.65 bits per heavy atom. The molecule has 3 heteroatoms. The predicted molar refractivity (Wildman–Crippen MR) is 78.0 cm³/mol. The number of benzene rings is 2. The number of ketones is 1. The number of nitrogens with zero attached hydrogens (tertiary/aromatic N) is 1. The second-order valence-electron chi connectivity index (χ2n) is 5.06. The summed E-state index contributed by atoms with van der Waals surface area (Å²) in [5.41, 5.74) is 3.53. The number of anilines is 1. The average Bonchev–Trinajstić information content (AvgIpc) is 2.74. The van der Waals surface area contributed by atoms with Gasteiger partial charge >= 0.3 is 0 Å². The maximum absolute atomic E-state index is 12.3. The van der Waals surface area contributed by atoms with E-state index in [-0.39, 0.29) is 11.7 Å². The van der Waals surface area contributed by atoms with Gasteiger partial charge in [-0.05, 0) is 29.3 Å². The van der Waals surface area contributed by atoms with Crippen LogP contribution in [-0.2, 0) is 17.6 Å². The first kappa shape index (κ1) is 12.6. The molecule has 2 aromatic rings. The van der Waals surface area contributed by atoms with Gasteiger partial charge in [0.2, 0.25) is 5.91 Å². The van der Waals surface area contributed by atoms with E-state index in [1.165, 1.54) is 0 Å². The largest absolute Gasteiger partial charge is 0.315 e. The fourth-order valence-corrected chi connectivity index (χ4v) is 2.53. The van der Waals surface area contributed by atoms with E-state index in [2.05, 4.69) is 0 Å². The Balaban J connectivity index is 1.84. The molecule has 20 heavy (non-hydrogen) atoms. The molecule has 3 rings (SSSR count). The lowest BCUT2D eigenvalue weighted by molar-refractivity contribution is -0.117. The molecule has 0 N–H and O–H groups in total. The van der Waals surface area contributed by atoms with Gasteiger partial charge in [-0.15, -0.1) is 0 Å². The number of amides is 1. The van der Waals surface area contributed by atoms with E-state index < -0.39 is 0 Å². The summed E-state index contributed by atoms with van der Waals surface area (Å²) in [6.45, 7) is 0. The highest BCUT2D eigenvalue weighted by atomic mass is 16.2. The summed E-state index contributed by atoms with van der Waals surface area (Å²) in [6.07, 6.45) is 0.779. The van der Waals surface area contributed by atoms with E-state index in [1.54, 1.807) is 18.0 Å². The van der Waals surface area contributed by atoms with E-state index >= 15 is 0 Å². The molecule has 3 nitrogen and oxygen atoms in total. The molecule has 0 saturated carbocycles. The second-order valence-corrected chi connectivity index (χ2v) is 5.06. The van der Waals surface area contributed by atoms with Crippen LogP contribution in [0, 0.1) is 0 Å². The zero-order valence-corrected chi connectivity index (χ0v) is 11.3. The van der Waals surface area contributed by atoms with Gasteiger partial charge in [-0.1, -0.05) is 30.3 Å². The number of carbonyl (C=O) groups is 2. The summed E-state index contributed by atoms with van der Waals surface area (Å²) in [7, 11) is 1.76. The van der Waals surface area contributed by atoms with Gasteiger partial charge in [-0.3, -0.25) is 9.59 Å². The molecule has 100 valence electrons. The van der Waals surface area contributed by atoms with Crippen LogP contribution in [0.5, 0.6) is 0 Å². The minimum absolute atomic E-state index is 0.0765. The summed E-state index contributed by atoms with van der Waals surface area (Å²) in [5, 5.41) is 0. The second kappa shape index (κ2) is 4.93. The third-order valence-electron chi connectivity index (χ3n) is 3.69. The molecule has 0 saturated heterocycles. The summed E-state index contributed by atoms with van der Waals surface area (Å²) >= 11 is 0. The normalized spacial score (nSPS) is 13.4. The van der Waals surface area contributed by atoms with Gasteiger partial charge in [-0.2, -0.15) is 0 Å². The lowest BCUT2D eigenvalue weighted by atomic mass is 10.0. The van der Waals surface area contributed by atoms with Crippen LogP contribution >= 0.6 is 0 Å². The number of fused-ring (bicyclic) bond motifs is 1. The molecule has 0 fully saturated rings. The number of hydrogen-bond donors (Lipinski definition) is 0. The van der Waals surface area contributed by atoms with E-state index in [9.17, 15) is 9.59 Å². The summed E-state index contributed by atoms with van der Waals surface area (Å²) in [6, 6.07) is 15.2. The quantitative estimate of drug-likeness (QED) is 0.800. The Bertz CT molecular complexity index is 677. The first-order valence-corrected chi connectivity index (χ1v) is 6.62. The summed E-state index contributed by atoms with van der Waals surface area (Å²) in [4.78, 5) is 25.6. The zero-order chi connectivity index (χ0) is 14.1. The van der Waals surface area contributed by atoms with E-state index in [0.717, 1.165) is 16.8 Å². The molecule has 0 unspecified atom stereocenters. The minimum Gasteiger partial charge on any atom is -0.315 e. The maximum atomic E-state index is 12.3. The minimum atomic E-state index is 0.0765. The SMILES string of the molecule is CN1C(=O)Cc2cc(C(=O)Cc3ccccc3)ccc21. The monoisotopic (exact) mass is 265 g/mol. The molecule has 0 bridgehead atoms. The first-order valence-electron chi connectivity index (χ1n) is 6.62. The standard InChI is InChI=1S/C17H15NO2/c1-18-15-8-7-13(10-14(15)11-17(18)20)16(19)9-12-5-3-2-4-6-12/h2-8,10H,9,11H2,1H3. The van der Waals surface area contributed by atoms with Crippen LogP contribution in [0.15, 0.2) is 48.5 Å². The fourth-order valence-electron chi connectivity index (χ4n) is 2.53. The molecule has 0 atom stereocenters. The lowest BCUT2D eigenvalue weighted by Gasteiger charge is -2.10. The number of Topliss-reactive ketones (excluding diaryl/α,β-unsaturated/α-hetero) is 1. The topological polar surface area (TPSA) is 37.4 Å². The van der Waals surface area contributed by atoms with Crippen LogP contribution in [0.3, 0.4) is 0 Å². The van der Waals surface area contributed by atoms with Crippen LogP contribution in [0.2, 0.25) is 0 Å². The van der Waals surface area contributed by atoms with Crippen LogP contribution in [0.4, 0.5) is 5.69 Å². The van der Waals surface area contributed by atoms with Crippen molar-refractivity contribution in [2.75, 3.05) is 11.9 Å². The molecule has 2 aromatic carbocycles. The average molecular weight is 265 g/mol. The number of carbonyl (C=O) groups excluding carboxylic acids is 2. The lowest BCUT2D eigenvalue weighted by Crippen LogP contribution is -2.20. The highest BCUT2D eigenvalue weighted by molar-refractivity contribution is 6.03. The van der Waals surface area contributed by atoms with Crippen molar-refractivity contribution in [2.24, 2.45) is 0 Å². The number of likely N-dealkylation sites (N-methyl/N-ethyl adjacent to an activating group) is 1. The zero-order valence-electron chi connectivity index (χ0n) is 11.3. The molecule has 1 heterocycles. The predicted octanol–water partition coefficient (Wildman–Crippen LogP) is 2.63. The van der Waals surface area contributed by atoms with Crippen LogP contribution in [-0.4, -0.2) is 18.7 Å². The Morgan fingerprint density at radius 1 is 1.15 bits per heavy atom. The van der Waals surface area contributed by atoms with Crippen molar-refractivity contribution < 1.29 is 9.59 Å². The Morgan fingerprint density at radius 2 is 1.90 bits per heavy atom. The van der Waals surface area contributed by atoms with Gasteiger partial charge in [0, 0.05) is 24.7 Å². The smallest absolute Gasteiger partial charge is 0.231 e. The van der Waals surface area contributed by atoms with Crippen molar-refractivity contribution in [2.45, 2.75) is 12.8 Å². The van der Waals surface area contributed by atoms with Crippen molar-refractivity contribution in [3.63, 3.8) is 0 Å². The Hall–Kier alpha value is -2.42. The molecule has 1 amide bonds. The molecule has 1 aliphatic heterocycles. The fraction of sp³-hybridized carbons (Fsp3) is 0.176. The van der Waals surface area contributed by atoms with Crippen molar-refractivity contribution in [1.29, 1.82) is 0 Å². The molecule has 0 radical (unpaired) electrons. The highest BCUT2D eigenvalue weighted by Crippen LogP contribution is 2.28. The summed E-state index contributed by atoms with van der Waals surface area (Å²) in [5.74, 6) is 0.161. The third kappa shape index (κ3) is 2.23. The van der Waals surface area contributed by atoms with Crippen LogP contribution < -0.4 is 4.90 Å². The highest BCUT2D eigenvalue weighted by Gasteiger charge is 2.24.